The third kappa shape index (κ3) is 3.59. The highest BCUT2D eigenvalue weighted by molar-refractivity contribution is 14.1. The Morgan fingerprint density at radius 1 is 1.17 bits per heavy atom. The summed E-state index contributed by atoms with van der Waals surface area (Å²) in [6.07, 6.45) is -9.98. The lowest BCUT2D eigenvalue weighted by atomic mass is 10.1. The van der Waals surface area contributed by atoms with Crippen molar-refractivity contribution in [3.63, 3.8) is 0 Å². The molecule has 1 aromatic rings. The van der Waals surface area contributed by atoms with Crippen LogP contribution in [0, 0.1) is 3.70 Å². The van der Waals surface area contributed by atoms with Gasteiger partial charge < -0.3 is 4.74 Å². The van der Waals surface area contributed by atoms with Crippen molar-refractivity contribution in [2.24, 2.45) is 0 Å². The summed E-state index contributed by atoms with van der Waals surface area (Å²) < 4.78 is 88.8. The SMILES string of the molecule is FCc1cnc(I)c(OC(F)(F)F)c1C(F)(F)F. The van der Waals surface area contributed by atoms with Gasteiger partial charge in [0.25, 0.3) is 0 Å². The van der Waals surface area contributed by atoms with E-state index in [0.29, 0.717) is 6.20 Å². The van der Waals surface area contributed by atoms with Gasteiger partial charge in [0, 0.05) is 11.8 Å². The highest BCUT2D eigenvalue weighted by Crippen LogP contribution is 2.42. The van der Waals surface area contributed by atoms with Crippen LogP contribution in [0.3, 0.4) is 0 Å². The molecule has 0 aromatic carbocycles. The van der Waals surface area contributed by atoms with Gasteiger partial charge in [-0.3, -0.25) is 0 Å². The number of rotatable bonds is 2. The predicted molar refractivity (Wildman–Crippen MR) is 53.5 cm³/mol. The third-order valence-corrected chi connectivity index (χ3v) is 2.48. The fraction of sp³-hybridized carbons (Fsp3) is 0.375. The molecule has 0 atom stereocenters. The summed E-state index contributed by atoms with van der Waals surface area (Å²) in [6.45, 7) is -1.60. The molecule has 18 heavy (non-hydrogen) atoms. The van der Waals surface area contributed by atoms with Crippen LogP contribution in [0.5, 0.6) is 5.75 Å². The van der Waals surface area contributed by atoms with Gasteiger partial charge in [-0.2, -0.15) is 13.2 Å². The van der Waals surface area contributed by atoms with Crippen LogP contribution < -0.4 is 4.74 Å². The second-order valence-electron chi connectivity index (χ2n) is 2.96. The van der Waals surface area contributed by atoms with Crippen LogP contribution in [-0.4, -0.2) is 11.3 Å². The number of hydrogen-bond donors (Lipinski definition) is 0. The van der Waals surface area contributed by atoms with E-state index in [1.165, 1.54) is 0 Å². The molecule has 1 rings (SSSR count). The van der Waals surface area contributed by atoms with Crippen molar-refractivity contribution >= 4 is 22.6 Å². The number of alkyl halides is 7. The lowest BCUT2D eigenvalue weighted by Gasteiger charge is -2.18. The van der Waals surface area contributed by atoms with Gasteiger partial charge in [0.1, 0.15) is 15.9 Å². The van der Waals surface area contributed by atoms with Crippen molar-refractivity contribution in [2.75, 3.05) is 0 Å². The molecule has 0 saturated heterocycles. The summed E-state index contributed by atoms with van der Waals surface area (Å²) in [5.41, 5.74) is -2.82. The molecule has 10 heteroatoms. The van der Waals surface area contributed by atoms with E-state index in [9.17, 15) is 30.7 Å². The molecule has 0 aliphatic heterocycles. The summed E-state index contributed by atoms with van der Waals surface area (Å²) in [5.74, 6) is -1.54. The largest absolute Gasteiger partial charge is 0.573 e. The van der Waals surface area contributed by atoms with Crippen LogP contribution in [0.4, 0.5) is 30.7 Å². The lowest BCUT2D eigenvalue weighted by molar-refractivity contribution is -0.276. The van der Waals surface area contributed by atoms with Crippen LogP contribution in [-0.2, 0) is 12.9 Å². The van der Waals surface area contributed by atoms with Gasteiger partial charge in [0.05, 0.1) is 0 Å². The monoisotopic (exact) mass is 389 g/mol. The molecule has 0 unspecified atom stereocenters. The number of aromatic nitrogens is 1. The summed E-state index contributed by atoms with van der Waals surface area (Å²) >= 11 is 1.14. The Hall–Kier alpha value is -0.810. The van der Waals surface area contributed by atoms with E-state index >= 15 is 0 Å². The number of nitrogens with zero attached hydrogens (tertiary/aromatic N) is 1. The van der Waals surface area contributed by atoms with Crippen LogP contribution in [0.25, 0.3) is 0 Å². The Bertz CT molecular complexity index is 442. The Morgan fingerprint density at radius 3 is 2.11 bits per heavy atom. The second kappa shape index (κ2) is 5.05. The first-order chi connectivity index (χ1) is 8.06. The van der Waals surface area contributed by atoms with Gasteiger partial charge in [-0.15, -0.1) is 13.2 Å². The minimum absolute atomic E-state index is 0.522. The van der Waals surface area contributed by atoms with Crippen LogP contribution in [0.15, 0.2) is 6.20 Å². The first-order valence-corrected chi connectivity index (χ1v) is 5.20. The van der Waals surface area contributed by atoms with Gasteiger partial charge in [-0.25, -0.2) is 9.37 Å². The lowest BCUT2D eigenvalue weighted by Crippen LogP contribution is -2.22. The molecule has 0 spiro atoms. The van der Waals surface area contributed by atoms with Crippen molar-refractivity contribution < 1.29 is 35.5 Å². The number of pyridine rings is 1. The molecule has 2 nitrogen and oxygen atoms in total. The molecule has 0 aliphatic rings. The molecule has 0 saturated carbocycles. The van der Waals surface area contributed by atoms with Crippen LogP contribution in [0.1, 0.15) is 11.1 Å². The fourth-order valence-electron chi connectivity index (χ4n) is 1.13. The Labute approximate surface area is 109 Å². The van der Waals surface area contributed by atoms with Gasteiger partial charge in [0.2, 0.25) is 0 Å². The van der Waals surface area contributed by atoms with Gasteiger partial charge in [-0.05, 0) is 22.6 Å². The maximum Gasteiger partial charge on any atom is 0.573 e. The van der Waals surface area contributed by atoms with E-state index in [1.807, 2.05) is 0 Å². The first-order valence-electron chi connectivity index (χ1n) is 4.12. The summed E-state index contributed by atoms with van der Waals surface area (Å²) in [7, 11) is 0. The maximum atomic E-state index is 12.6. The molecule has 1 heterocycles. The molecule has 0 N–H and O–H groups in total. The summed E-state index contributed by atoms with van der Waals surface area (Å²) in [5, 5.41) is 0. The van der Waals surface area contributed by atoms with Crippen molar-refractivity contribution in [3.8, 4) is 5.75 Å². The average molecular weight is 389 g/mol. The molecule has 0 aliphatic carbocycles. The first kappa shape index (κ1) is 15.2. The topological polar surface area (TPSA) is 22.1 Å². The maximum absolute atomic E-state index is 12.6. The molecule has 0 radical (unpaired) electrons. The van der Waals surface area contributed by atoms with Gasteiger partial charge >= 0.3 is 12.5 Å². The van der Waals surface area contributed by atoms with E-state index in [0.717, 1.165) is 22.6 Å². The van der Waals surface area contributed by atoms with Crippen molar-refractivity contribution in [1.82, 2.24) is 4.98 Å². The van der Waals surface area contributed by atoms with E-state index in [4.69, 9.17) is 0 Å². The van der Waals surface area contributed by atoms with E-state index in [-0.39, 0.29) is 0 Å². The predicted octanol–water partition coefficient (Wildman–Crippen LogP) is 4.07. The Balaban J connectivity index is 3.46. The van der Waals surface area contributed by atoms with Crippen molar-refractivity contribution in [3.05, 3.63) is 21.0 Å². The fourth-order valence-corrected chi connectivity index (χ4v) is 1.65. The van der Waals surface area contributed by atoms with Crippen LogP contribution in [0.2, 0.25) is 0 Å². The third-order valence-electron chi connectivity index (χ3n) is 1.71. The smallest absolute Gasteiger partial charge is 0.402 e. The average Bonchev–Trinajstić information content (AvgIpc) is 2.17. The Morgan fingerprint density at radius 2 is 1.72 bits per heavy atom. The molecular weight excluding hydrogens is 386 g/mol. The highest BCUT2D eigenvalue weighted by Gasteiger charge is 2.42. The number of ether oxygens (including phenoxy) is 1. The normalized spacial score (nSPS) is 12.7. The number of hydrogen-bond acceptors (Lipinski definition) is 2. The quantitative estimate of drug-likeness (QED) is 0.432. The zero-order valence-electron chi connectivity index (χ0n) is 8.16. The van der Waals surface area contributed by atoms with Crippen molar-refractivity contribution in [1.29, 1.82) is 0 Å². The summed E-state index contributed by atoms with van der Waals surface area (Å²) in [4.78, 5) is 3.23. The molecule has 1 aromatic heterocycles. The standard InChI is InChI=1S/C8H3F7INO/c9-1-3-2-17-6(16)5(18-8(13,14)15)4(3)7(10,11)12/h2H,1H2. The molecule has 0 bridgehead atoms. The molecule has 102 valence electrons. The van der Waals surface area contributed by atoms with Crippen LogP contribution >= 0.6 is 22.6 Å². The van der Waals surface area contributed by atoms with Gasteiger partial charge in [0.15, 0.2) is 5.75 Å². The minimum atomic E-state index is -5.32. The zero-order chi connectivity index (χ0) is 14.1. The zero-order valence-corrected chi connectivity index (χ0v) is 10.3. The highest BCUT2D eigenvalue weighted by atomic mass is 127. The molecule has 0 amide bonds. The summed E-state index contributed by atoms with van der Waals surface area (Å²) in [6, 6.07) is 0. The van der Waals surface area contributed by atoms with E-state index in [2.05, 4.69) is 9.72 Å². The Kier molecular flexibility index (Phi) is 4.28. The second-order valence-corrected chi connectivity index (χ2v) is 3.98. The van der Waals surface area contributed by atoms with Crippen molar-refractivity contribution in [2.45, 2.75) is 19.2 Å². The number of halogens is 8. The van der Waals surface area contributed by atoms with Gasteiger partial charge in [-0.1, -0.05) is 0 Å². The molecular formula is C8H3F7INO. The molecule has 0 fully saturated rings. The van der Waals surface area contributed by atoms with E-state index in [1.54, 1.807) is 0 Å². The van der Waals surface area contributed by atoms with E-state index < -0.39 is 39.8 Å². The minimum Gasteiger partial charge on any atom is -0.402 e.